The molecule has 16 heavy (non-hydrogen) atoms. The fourth-order valence-corrected chi connectivity index (χ4v) is 1.71. The summed E-state index contributed by atoms with van der Waals surface area (Å²) in [5.41, 5.74) is 0.378. The van der Waals surface area contributed by atoms with Gasteiger partial charge in [0, 0.05) is 0 Å². The lowest BCUT2D eigenvalue weighted by atomic mass is 10.3. The minimum Gasteiger partial charge on any atom is -0.382 e. The summed E-state index contributed by atoms with van der Waals surface area (Å²) in [6.45, 7) is 3.31. The van der Waals surface area contributed by atoms with Gasteiger partial charge in [0.1, 0.15) is 11.5 Å². The number of aliphatic imine (C=N–C) groups is 1. The van der Waals surface area contributed by atoms with Gasteiger partial charge in [-0.05, 0) is 24.3 Å². The van der Waals surface area contributed by atoms with E-state index in [2.05, 4.69) is 11.6 Å². The molecule has 1 aromatic carbocycles. The highest BCUT2D eigenvalue weighted by Crippen LogP contribution is 2.18. The van der Waals surface area contributed by atoms with Crippen LogP contribution in [0.1, 0.15) is 0 Å². The highest BCUT2D eigenvalue weighted by molar-refractivity contribution is 7.87. The van der Waals surface area contributed by atoms with Crippen molar-refractivity contribution in [1.29, 1.82) is 0 Å². The van der Waals surface area contributed by atoms with Crippen LogP contribution >= 0.6 is 0 Å². The second-order valence-corrected chi connectivity index (χ2v) is 4.41. The molecule has 6 heteroatoms. The summed E-state index contributed by atoms with van der Waals surface area (Å²) in [7, 11) is -3.64. The molecule has 0 radical (unpaired) electrons. The molecule has 1 aromatic rings. The van der Waals surface area contributed by atoms with E-state index >= 15 is 0 Å². The van der Waals surface area contributed by atoms with Crippen molar-refractivity contribution in [3.05, 3.63) is 36.9 Å². The lowest BCUT2D eigenvalue weighted by molar-refractivity contribution is 0.489. The Hall–Kier alpha value is -1.91. The molecule has 0 bridgehead atoms. The van der Waals surface area contributed by atoms with Crippen LogP contribution < -0.4 is 4.18 Å². The molecule has 0 heterocycles. The van der Waals surface area contributed by atoms with Gasteiger partial charge in [0.15, 0.2) is 0 Å². The number of rotatable bonds is 5. The van der Waals surface area contributed by atoms with Crippen LogP contribution in [0.15, 0.2) is 41.9 Å². The van der Waals surface area contributed by atoms with Crippen molar-refractivity contribution in [3.8, 4) is 5.75 Å². The summed E-state index contributed by atoms with van der Waals surface area (Å²) in [4.78, 5) is 13.3. The molecule has 0 aromatic heterocycles. The zero-order valence-electron chi connectivity index (χ0n) is 8.29. The fourth-order valence-electron chi connectivity index (χ4n) is 0.954. The van der Waals surface area contributed by atoms with Crippen LogP contribution in [0.4, 0.5) is 5.69 Å². The SMILES string of the molecule is C=CCS(=O)(=O)Oc1ccc(N=C=O)cc1. The van der Waals surface area contributed by atoms with E-state index in [-0.39, 0.29) is 11.5 Å². The molecular formula is C10H9NO4S. The Balaban J connectivity index is 2.83. The summed E-state index contributed by atoms with van der Waals surface area (Å²) in [6.07, 6.45) is 2.61. The second-order valence-electron chi connectivity index (χ2n) is 2.79. The summed E-state index contributed by atoms with van der Waals surface area (Å²) in [5.74, 6) is -0.104. The topological polar surface area (TPSA) is 72.8 Å². The molecule has 0 spiro atoms. The Kier molecular flexibility index (Phi) is 3.99. The van der Waals surface area contributed by atoms with Gasteiger partial charge in [0.2, 0.25) is 6.08 Å². The van der Waals surface area contributed by atoms with Crippen molar-refractivity contribution in [2.45, 2.75) is 0 Å². The van der Waals surface area contributed by atoms with E-state index in [1.54, 1.807) is 0 Å². The van der Waals surface area contributed by atoms with Crippen LogP contribution in [0.2, 0.25) is 0 Å². The first-order valence-electron chi connectivity index (χ1n) is 4.28. The van der Waals surface area contributed by atoms with Crippen molar-refractivity contribution in [2.24, 2.45) is 4.99 Å². The molecule has 0 unspecified atom stereocenters. The van der Waals surface area contributed by atoms with Crippen LogP contribution in [-0.2, 0) is 14.9 Å². The minimum atomic E-state index is -3.64. The van der Waals surface area contributed by atoms with Gasteiger partial charge >= 0.3 is 10.1 Å². The molecule has 0 saturated heterocycles. The average Bonchev–Trinajstić information content (AvgIpc) is 2.21. The number of benzene rings is 1. The van der Waals surface area contributed by atoms with Crippen molar-refractivity contribution < 1.29 is 17.4 Å². The maximum absolute atomic E-state index is 11.2. The molecular weight excluding hydrogens is 230 g/mol. The van der Waals surface area contributed by atoms with Gasteiger partial charge in [0.25, 0.3) is 0 Å². The van der Waals surface area contributed by atoms with Gasteiger partial charge in [-0.3, -0.25) is 0 Å². The summed E-state index contributed by atoms with van der Waals surface area (Å²) in [6, 6.07) is 5.70. The zero-order chi connectivity index (χ0) is 12.0. The van der Waals surface area contributed by atoms with Gasteiger partial charge in [-0.15, -0.1) is 6.58 Å². The quantitative estimate of drug-likeness (QED) is 0.338. The molecule has 0 aliphatic heterocycles. The third-order valence-electron chi connectivity index (χ3n) is 1.56. The second kappa shape index (κ2) is 5.25. The maximum Gasteiger partial charge on any atom is 0.312 e. The molecule has 0 aliphatic carbocycles. The summed E-state index contributed by atoms with van der Waals surface area (Å²) in [5, 5.41) is 0. The molecule has 0 atom stereocenters. The Bertz CT molecular complexity index is 512. The normalized spacial score (nSPS) is 10.2. The standard InChI is InChI=1S/C10H9NO4S/c1-2-7-16(13,14)15-10-5-3-9(4-6-10)11-8-12/h2-6H,1,7H2. The molecule has 1 rings (SSSR count). The predicted octanol–water partition coefficient (Wildman–Crippen LogP) is 1.55. The zero-order valence-corrected chi connectivity index (χ0v) is 9.11. The number of hydrogen-bond acceptors (Lipinski definition) is 5. The third-order valence-corrected chi connectivity index (χ3v) is 2.65. The predicted molar refractivity (Wildman–Crippen MR) is 58.8 cm³/mol. The number of nitrogens with zero attached hydrogens (tertiary/aromatic N) is 1. The molecule has 0 amide bonds. The lowest BCUT2D eigenvalue weighted by Gasteiger charge is -2.04. The van der Waals surface area contributed by atoms with E-state index in [0.29, 0.717) is 5.69 Å². The van der Waals surface area contributed by atoms with Gasteiger partial charge < -0.3 is 4.18 Å². The Labute approximate surface area is 93.2 Å². The highest BCUT2D eigenvalue weighted by Gasteiger charge is 2.09. The summed E-state index contributed by atoms with van der Waals surface area (Å²) >= 11 is 0. The van der Waals surface area contributed by atoms with Crippen molar-refractivity contribution in [2.75, 3.05) is 5.75 Å². The Morgan fingerprint density at radius 1 is 1.38 bits per heavy atom. The molecule has 0 saturated carbocycles. The molecule has 0 aliphatic rings. The van der Waals surface area contributed by atoms with Crippen LogP contribution in [-0.4, -0.2) is 20.3 Å². The first-order chi connectivity index (χ1) is 7.57. The molecule has 0 N–H and O–H groups in total. The van der Waals surface area contributed by atoms with Gasteiger partial charge in [0.05, 0.1) is 5.69 Å². The van der Waals surface area contributed by atoms with Crippen LogP contribution in [0, 0.1) is 0 Å². The molecule has 0 fully saturated rings. The molecule has 84 valence electrons. The average molecular weight is 239 g/mol. The van der Waals surface area contributed by atoms with Crippen molar-refractivity contribution >= 4 is 21.9 Å². The van der Waals surface area contributed by atoms with E-state index in [4.69, 9.17) is 4.18 Å². The van der Waals surface area contributed by atoms with Crippen molar-refractivity contribution in [3.63, 3.8) is 0 Å². The fraction of sp³-hybridized carbons (Fsp3) is 0.100. The van der Waals surface area contributed by atoms with Crippen LogP contribution in [0.3, 0.4) is 0 Å². The third kappa shape index (κ3) is 3.68. The van der Waals surface area contributed by atoms with Crippen molar-refractivity contribution in [1.82, 2.24) is 0 Å². The maximum atomic E-state index is 11.2. The monoisotopic (exact) mass is 239 g/mol. The lowest BCUT2D eigenvalue weighted by Crippen LogP contribution is -2.11. The first kappa shape index (κ1) is 12.2. The van der Waals surface area contributed by atoms with E-state index in [1.165, 1.54) is 36.4 Å². The van der Waals surface area contributed by atoms with Gasteiger partial charge in [-0.2, -0.15) is 13.4 Å². The van der Waals surface area contributed by atoms with E-state index in [9.17, 15) is 13.2 Å². The van der Waals surface area contributed by atoms with E-state index < -0.39 is 10.1 Å². The smallest absolute Gasteiger partial charge is 0.312 e. The minimum absolute atomic E-state index is 0.159. The highest BCUT2D eigenvalue weighted by atomic mass is 32.2. The van der Waals surface area contributed by atoms with Gasteiger partial charge in [-0.25, -0.2) is 4.79 Å². The van der Waals surface area contributed by atoms with Gasteiger partial charge in [-0.1, -0.05) is 6.08 Å². The van der Waals surface area contributed by atoms with E-state index in [1.807, 2.05) is 0 Å². The molecule has 5 nitrogen and oxygen atoms in total. The first-order valence-corrected chi connectivity index (χ1v) is 5.86. The Morgan fingerprint density at radius 3 is 2.50 bits per heavy atom. The largest absolute Gasteiger partial charge is 0.382 e. The number of carbonyl (C=O) groups excluding carboxylic acids is 1. The number of hydrogen-bond donors (Lipinski definition) is 0. The van der Waals surface area contributed by atoms with Crippen LogP contribution in [0.5, 0.6) is 5.75 Å². The summed E-state index contributed by atoms with van der Waals surface area (Å²) < 4.78 is 27.2. The Morgan fingerprint density at radius 2 is 2.00 bits per heavy atom. The number of isocyanates is 1. The van der Waals surface area contributed by atoms with Crippen LogP contribution in [0.25, 0.3) is 0 Å². The van der Waals surface area contributed by atoms with E-state index in [0.717, 1.165) is 0 Å².